The van der Waals surface area contributed by atoms with E-state index in [2.05, 4.69) is 19.1 Å². The van der Waals surface area contributed by atoms with Crippen LogP contribution in [0.15, 0.2) is 12.2 Å². The van der Waals surface area contributed by atoms with Gasteiger partial charge in [-0.1, -0.05) is 64.0 Å². The fraction of sp³-hybridized carbons (Fsp3) is 0.900. The molecule has 0 amide bonds. The Balaban J connectivity index is -0.000000179. The number of carbonyl (C=O) groups is 1. The molecule has 0 rings (SSSR count). The molecule has 14 N–H and O–H groups in total. The van der Waals surface area contributed by atoms with Crippen LogP contribution in [0.5, 0.6) is 0 Å². The third kappa shape index (κ3) is 62.3. The first-order valence-electron chi connectivity index (χ1n) is 15.5. The molecule has 1 atom stereocenters. The van der Waals surface area contributed by atoms with Crippen molar-refractivity contribution in [2.45, 2.75) is 121 Å². The highest BCUT2D eigenvalue weighted by Crippen LogP contribution is 2.10. The summed E-state index contributed by atoms with van der Waals surface area (Å²) in [4.78, 5) is 10.3. The van der Waals surface area contributed by atoms with Crippen LogP contribution in [0.25, 0.3) is 0 Å². The first-order valence-corrected chi connectivity index (χ1v) is 15.5. The Morgan fingerprint density at radius 1 is 0.489 bits per heavy atom. The second kappa shape index (κ2) is 47.1. The molecule has 0 saturated carbocycles. The lowest BCUT2D eigenvalue weighted by Gasteiger charge is -2.07. The van der Waals surface area contributed by atoms with Crippen LogP contribution >= 0.6 is 0 Å². The van der Waals surface area contributed by atoms with Gasteiger partial charge in [-0.2, -0.15) is 0 Å². The molecule has 0 heterocycles. The number of hydrogen-bond donors (Lipinski definition) is 14. The van der Waals surface area contributed by atoms with Gasteiger partial charge in [-0.15, -0.1) is 0 Å². The maximum Gasteiger partial charge on any atom is 0.303 e. The van der Waals surface area contributed by atoms with E-state index in [-0.39, 0.29) is 59.0 Å². The highest BCUT2D eigenvalue weighted by Gasteiger charge is 2.01. The molecule has 45 heavy (non-hydrogen) atoms. The molecule has 0 unspecified atom stereocenters. The van der Waals surface area contributed by atoms with Crippen molar-refractivity contribution in [1.29, 1.82) is 0 Å². The molecule has 0 aromatic carbocycles. The Morgan fingerprint density at radius 3 is 1.18 bits per heavy atom. The average Bonchev–Trinajstić information content (AvgIpc) is 3.06. The Kier molecular flexibility index (Phi) is 55.7. The van der Waals surface area contributed by atoms with E-state index in [9.17, 15) is 9.90 Å². The topological polar surface area (TPSA) is 300 Å². The van der Waals surface area contributed by atoms with Crippen molar-refractivity contribution < 1.29 is 76.3 Å². The molecule has 15 nitrogen and oxygen atoms in total. The van der Waals surface area contributed by atoms with Crippen molar-refractivity contribution in [1.82, 2.24) is 0 Å². The number of carboxylic acid groups (broad SMARTS) is 1. The van der Waals surface area contributed by atoms with Gasteiger partial charge in [0, 0.05) is 6.42 Å². The van der Waals surface area contributed by atoms with E-state index in [1.807, 2.05) is 0 Å². The summed E-state index contributed by atoms with van der Waals surface area (Å²) < 4.78 is 0. The average molecular weight is 667 g/mol. The molecule has 0 aliphatic heterocycles. The van der Waals surface area contributed by atoms with Gasteiger partial charge in [-0.25, -0.2) is 0 Å². The van der Waals surface area contributed by atoms with Gasteiger partial charge in [0.05, 0.1) is 59.0 Å². The molecule has 15 heteroatoms. The summed E-state index contributed by atoms with van der Waals surface area (Å²) in [5, 5.41) is 114. The summed E-state index contributed by atoms with van der Waals surface area (Å²) in [6, 6.07) is 0. The van der Waals surface area contributed by atoms with Crippen molar-refractivity contribution >= 4 is 5.97 Å². The van der Waals surface area contributed by atoms with Crippen LogP contribution in [0, 0.1) is 0 Å². The fourth-order valence-corrected chi connectivity index (χ4v) is 2.60. The highest BCUT2D eigenvalue weighted by atomic mass is 16.4. The summed E-state index contributed by atoms with van der Waals surface area (Å²) in [6.45, 7) is -0.717. The lowest BCUT2D eigenvalue weighted by Crippen LogP contribution is -2.15. The molecular weight excluding hydrogens is 600 g/mol. The zero-order valence-corrected chi connectivity index (χ0v) is 27.1. The zero-order valence-electron chi connectivity index (χ0n) is 27.1. The first-order chi connectivity index (χ1) is 21.4. The number of rotatable bonds is 23. The van der Waals surface area contributed by atoms with E-state index in [1.54, 1.807) is 0 Å². The van der Waals surface area contributed by atoms with Crippen molar-refractivity contribution in [3.05, 3.63) is 12.2 Å². The second-order valence-corrected chi connectivity index (χ2v) is 9.99. The SMILES string of the molecule is CCCCCC[C@@H](O)C/C=C\CCCCCCCC(=O)O.OCC(O)CO.OCC(O)CO.OCC(O)CO.OCC(O)CO. The second-order valence-electron chi connectivity index (χ2n) is 9.99. The van der Waals surface area contributed by atoms with E-state index in [1.165, 1.54) is 25.7 Å². The molecule has 0 bridgehead atoms. The zero-order chi connectivity index (χ0) is 35.7. The standard InChI is InChI=1S/C18H34O3.4C3H8O3/c1-2-3-4-11-14-17(19)15-12-9-7-5-6-8-10-13-16-18(20)21;4*4-1-3(6)2-5/h9,12,17,19H,2-8,10-11,13-16H2,1H3,(H,20,21);4*3-6H,1-2H2/b12-9-;;;;/t17-;;;;/m1..../s1. The summed E-state index contributed by atoms with van der Waals surface area (Å²) in [5.41, 5.74) is 0. The van der Waals surface area contributed by atoms with Gasteiger partial charge >= 0.3 is 5.97 Å². The maximum absolute atomic E-state index is 10.3. The Morgan fingerprint density at radius 2 is 0.844 bits per heavy atom. The fourth-order valence-electron chi connectivity index (χ4n) is 2.60. The number of hydrogen-bond acceptors (Lipinski definition) is 14. The van der Waals surface area contributed by atoms with Gasteiger partial charge in [-0.05, 0) is 32.1 Å². The Hall–Kier alpha value is -1.31. The summed E-state index contributed by atoms with van der Waals surface area (Å²) in [7, 11) is 0. The van der Waals surface area contributed by atoms with E-state index in [4.69, 9.17) is 66.4 Å². The van der Waals surface area contributed by atoms with Crippen LogP contribution in [-0.4, -0.2) is 161 Å². The molecule has 0 fully saturated rings. The molecule has 0 aliphatic rings. The normalized spacial score (nSPS) is 11.3. The monoisotopic (exact) mass is 666 g/mol. The number of aliphatic hydroxyl groups excluding tert-OH is 13. The van der Waals surface area contributed by atoms with Gasteiger partial charge in [0.15, 0.2) is 0 Å². The first kappa shape index (κ1) is 53.2. The summed E-state index contributed by atoms with van der Waals surface area (Å²) in [5.74, 6) is -0.689. The minimum Gasteiger partial charge on any atom is -0.481 e. The van der Waals surface area contributed by atoms with E-state index >= 15 is 0 Å². The quantitative estimate of drug-likeness (QED) is 0.0432. The Bertz CT molecular complexity index is 499. The number of carboxylic acids is 1. The van der Waals surface area contributed by atoms with Crippen LogP contribution in [0.4, 0.5) is 0 Å². The van der Waals surface area contributed by atoms with Crippen LogP contribution in [0.1, 0.15) is 90.4 Å². The van der Waals surface area contributed by atoms with Crippen LogP contribution in [-0.2, 0) is 4.79 Å². The van der Waals surface area contributed by atoms with Gasteiger partial charge < -0.3 is 71.5 Å². The van der Waals surface area contributed by atoms with E-state index in [0.717, 1.165) is 51.4 Å². The summed E-state index contributed by atoms with van der Waals surface area (Å²) in [6.07, 6.45) is 13.5. The van der Waals surface area contributed by atoms with Gasteiger partial charge in [0.2, 0.25) is 0 Å². The van der Waals surface area contributed by atoms with Gasteiger partial charge in [-0.3, -0.25) is 4.79 Å². The lowest BCUT2D eigenvalue weighted by atomic mass is 10.1. The van der Waals surface area contributed by atoms with Crippen LogP contribution in [0.3, 0.4) is 0 Å². The molecule has 0 aromatic rings. The van der Waals surface area contributed by atoms with Gasteiger partial charge in [0.1, 0.15) is 24.4 Å². The summed E-state index contributed by atoms with van der Waals surface area (Å²) >= 11 is 0. The number of unbranched alkanes of at least 4 members (excludes halogenated alkanes) is 8. The van der Waals surface area contributed by atoms with E-state index < -0.39 is 30.4 Å². The minimum atomic E-state index is -0.954. The van der Waals surface area contributed by atoms with E-state index in [0.29, 0.717) is 6.42 Å². The molecule has 0 saturated heterocycles. The molecule has 0 spiro atoms. The van der Waals surface area contributed by atoms with Crippen LogP contribution in [0.2, 0.25) is 0 Å². The minimum absolute atomic E-state index is 0.172. The molecule has 0 aliphatic carbocycles. The van der Waals surface area contributed by atoms with Crippen molar-refractivity contribution in [2.75, 3.05) is 52.9 Å². The smallest absolute Gasteiger partial charge is 0.303 e. The lowest BCUT2D eigenvalue weighted by molar-refractivity contribution is -0.137. The maximum atomic E-state index is 10.3. The number of aliphatic carboxylic acids is 1. The highest BCUT2D eigenvalue weighted by molar-refractivity contribution is 5.66. The number of allylic oxidation sites excluding steroid dienone is 1. The third-order valence-electron chi connectivity index (χ3n) is 5.41. The predicted molar refractivity (Wildman–Crippen MR) is 169 cm³/mol. The predicted octanol–water partition coefficient (Wildman–Crippen LogP) is -1.59. The third-order valence-corrected chi connectivity index (χ3v) is 5.41. The van der Waals surface area contributed by atoms with Crippen LogP contribution < -0.4 is 0 Å². The van der Waals surface area contributed by atoms with Gasteiger partial charge in [0.25, 0.3) is 0 Å². The molecule has 0 radical (unpaired) electrons. The Labute approximate surface area is 268 Å². The molecular formula is C30H66O15. The van der Waals surface area contributed by atoms with Crippen molar-refractivity contribution in [2.24, 2.45) is 0 Å². The molecule has 276 valence electrons. The van der Waals surface area contributed by atoms with Crippen molar-refractivity contribution in [3.8, 4) is 0 Å². The molecule has 0 aromatic heterocycles. The van der Waals surface area contributed by atoms with Crippen molar-refractivity contribution in [3.63, 3.8) is 0 Å². The largest absolute Gasteiger partial charge is 0.481 e. The number of aliphatic hydroxyl groups is 13.